The lowest BCUT2D eigenvalue weighted by Crippen LogP contribution is -2.13. The molecule has 1 fully saturated rings. The predicted molar refractivity (Wildman–Crippen MR) is 80.0 cm³/mol. The fourth-order valence-electron chi connectivity index (χ4n) is 1.99. The molecular formula is C16H21ClO3. The summed E-state index contributed by atoms with van der Waals surface area (Å²) in [4.78, 5) is 12.4. The number of ether oxygens (including phenoxy) is 2. The van der Waals surface area contributed by atoms with Crippen molar-refractivity contribution in [2.24, 2.45) is 5.92 Å². The van der Waals surface area contributed by atoms with E-state index in [9.17, 15) is 4.79 Å². The van der Waals surface area contributed by atoms with Gasteiger partial charge < -0.3 is 9.47 Å². The van der Waals surface area contributed by atoms with E-state index in [1.807, 2.05) is 27.7 Å². The molecule has 0 unspecified atom stereocenters. The molecule has 110 valence electrons. The van der Waals surface area contributed by atoms with Crippen LogP contribution in [0.4, 0.5) is 0 Å². The van der Waals surface area contributed by atoms with Crippen LogP contribution < -0.4 is 9.47 Å². The lowest BCUT2D eigenvalue weighted by Gasteiger charge is -2.17. The van der Waals surface area contributed by atoms with Gasteiger partial charge in [0.2, 0.25) is 0 Å². The second-order valence-electron chi connectivity index (χ2n) is 5.75. The molecule has 2 rings (SSSR count). The lowest BCUT2D eigenvalue weighted by atomic mass is 10.1. The maximum atomic E-state index is 12.4. The average molecular weight is 297 g/mol. The van der Waals surface area contributed by atoms with E-state index in [4.69, 9.17) is 21.1 Å². The quantitative estimate of drug-likeness (QED) is 0.725. The van der Waals surface area contributed by atoms with Crippen LogP contribution in [0.25, 0.3) is 0 Å². The van der Waals surface area contributed by atoms with Crippen molar-refractivity contribution in [3.05, 3.63) is 22.7 Å². The Bertz CT molecular complexity index is 505. The molecule has 3 nitrogen and oxygen atoms in total. The molecule has 0 bridgehead atoms. The van der Waals surface area contributed by atoms with Crippen molar-refractivity contribution in [1.29, 1.82) is 0 Å². The van der Waals surface area contributed by atoms with Crippen molar-refractivity contribution in [1.82, 2.24) is 0 Å². The number of halogens is 1. The van der Waals surface area contributed by atoms with Gasteiger partial charge in [-0.05, 0) is 46.6 Å². The standard InChI is InChI=1S/C16H21ClO3/c1-9(2)19-14-8-13(17)15(20-10(3)4)7-12(14)16(18)11-5-6-11/h7-11H,5-6H2,1-4H3. The summed E-state index contributed by atoms with van der Waals surface area (Å²) >= 11 is 6.21. The van der Waals surface area contributed by atoms with Crippen molar-refractivity contribution >= 4 is 17.4 Å². The molecule has 0 radical (unpaired) electrons. The number of carbonyl (C=O) groups is 1. The first kappa shape index (κ1) is 15.2. The largest absolute Gasteiger partial charge is 0.490 e. The van der Waals surface area contributed by atoms with E-state index in [1.165, 1.54) is 0 Å². The Hall–Kier alpha value is -1.22. The minimum absolute atomic E-state index is 0.00585. The molecular weight excluding hydrogens is 276 g/mol. The van der Waals surface area contributed by atoms with Crippen LogP contribution in [-0.4, -0.2) is 18.0 Å². The van der Waals surface area contributed by atoms with Gasteiger partial charge in [-0.2, -0.15) is 0 Å². The van der Waals surface area contributed by atoms with Crippen LogP contribution >= 0.6 is 11.6 Å². The summed E-state index contributed by atoms with van der Waals surface area (Å²) in [5, 5.41) is 0.474. The molecule has 1 aromatic rings. The lowest BCUT2D eigenvalue weighted by molar-refractivity contribution is 0.0961. The summed E-state index contributed by atoms with van der Waals surface area (Å²) < 4.78 is 11.4. The molecule has 0 N–H and O–H groups in total. The van der Waals surface area contributed by atoms with Crippen LogP contribution in [-0.2, 0) is 0 Å². The van der Waals surface area contributed by atoms with E-state index in [1.54, 1.807) is 12.1 Å². The monoisotopic (exact) mass is 296 g/mol. The van der Waals surface area contributed by atoms with Crippen molar-refractivity contribution in [3.63, 3.8) is 0 Å². The van der Waals surface area contributed by atoms with E-state index < -0.39 is 0 Å². The van der Waals surface area contributed by atoms with Crippen molar-refractivity contribution in [2.45, 2.75) is 52.7 Å². The van der Waals surface area contributed by atoms with E-state index in [0.29, 0.717) is 22.1 Å². The van der Waals surface area contributed by atoms with Gasteiger partial charge in [-0.1, -0.05) is 11.6 Å². The number of hydrogen-bond acceptors (Lipinski definition) is 3. The van der Waals surface area contributed by atoms with E-state index in [0.717, 1.165) is 12.8 Å². The Morgan fingerprint density at radius 2 is 1.65 bits per heavy atom. The molecule has 0 saturated heterocycles. The highest BCUT2D eigenvalue weighted by Gasteiger charge is 2.33. The molecule has 0 spiro atoms. The minimum Gasteiger partial charge on any atom is -0.490 e. The number of carbonyl (C=O) groups excluding carboxylic acids is 1. The Morgan fingerprint density at radius 1 is 1.10 bits per heavy atom. The summed E-state index contributed by atoms with van der Waals surface area (Å²) in [7, 11) is 0. The van der Waals surface area contributed by atoms with Gasteiger partial charge in [0, 0.05) is 12.0 Å². The Balaban J connectivity index is 2.39. The summed E-state index contributed by atoms with van der Waals surface area (Å²) in [5.41, 5.74) is 0.584. The molecule has 1 saturated carbocycles. The molecule has 4 heteroatoms. The maximum Gasteiger partial charge on any atom is 0.169 e. The first-order chi connectivity index (χ1) is 9.38. The summed E-state index contributed by atoms with van der Waals surface area (Å²) in [6.07, 6.45) is 1.92. The zero-order valence-electron chi connectivity index (χ0n) is 12.4. The van der Waals surface area contributed by atoms with E-state index >= 15 is 0 Å². The molecule has 0 heterocycles. The Labute approximate surface area is 125 Å². The maximum absolute atomic E-state index is 12.4. The molecule has 0 atom stereocenters. The summed E-state index contributed by atoms with van der Waals surface area (Å²) in [5.74, 6) is 1.36. The highest BCUT2D eigenvalue weighted by Crippen LogP contribution is 2.39. The van der Waals surface area contributed by atoms with Gasteiger partial charge in [0.05, 0.1) is 22.8 Å². The fraction of sp³-hybridized carbons (Fsp3) is 0.562. The molecule has 0 amide bonds. The van der Waals surface area contributed by atoms with Crippen LogP contribution in [0.1, 0.15) is 50.9 Å². The van der Waals surface area contributed by atoms with Crippen LogP contribution in [0, 0.1) is 5.92 Å². The van der Waals surface area contributed by atoms with Crippen molar-refractivity contribution < 1.29 is 14.3 Å². The third kappa shape index (κ3) is 3.66. The first-order valence-electron chi connectivity index (χ1n) is 7.09. The highest BCUT2D eigenvalue weighted by atomic mass is 35.5. The van der Waals surface area contributed by atoms with Crippen LogP contribution in [0.3, 0.4) is 0 Å². The normalized spacial score (nSPS) is 14.8. The number of Topliss-reactive ketones (excluding diaryl/α,β-unsaturated/α-hetero) is 1. The Morgan fingerprint density at radius 3 is 2.15 bits per heavy atom. The van der Waals surface area contributed by atoms with Crippen LogP contribution in [0.5, 0.6) is 11.5 Å². The second kappa shape index (κ2) is 6.04. The third-order valence-corrected chi connectivity index (χ3v) is 3.27. The number of benzene rings is 1. The third-order valence-electron chi connectivity index (χ3n) is 2.97. The summed E-state index contributed by atoms with van der Waals surface area (Å²) in [6, 6.07) is 3.41. The minimum atomic E-state index is -0.00585. The molecule has 1 aromatic carbocycles. The van der Waals surface area contributed by atoms with Crippen LogP contribution in [0.2, 0.25) is 5.02 Å². The Kier molecular flexibility index (Phi) is 4.59. The van der Waals surface area contributed by atoms with Gasteiger partial charge >= 0.3 is 0 Å². The van der Waals surface area contributed by atoms with Gasteiger partial charge in [0.1, 0.15) is 11.5 Å². The van der Waals surface area contributed by atoms with Crippen molar-refractivity contribution in [2.75, 3.05) is 0 Å². The predicted octanol–water partition coefficient (Wildman–Crippen LogP) is 4.51. The van der Waals surface area contributed by atoms with Gasteiger partial charge in [-0.25, -0.2) is 0 Å². The zero-order valence-corrected chi connectivity index (χ0v) is 13.2. The molecule has 20 heavy (non-hydrogen) atoms. The van der Waals surface area contributed by atoms with Gasteiger partial charge in [-0.15, -0.1) is 0 Å². The molecule has 0 aromatic heterocycles. The van der Waals surface area contributed by atoms with E-state index in [-0.39, 0.29) is 23.9 Å². The van der Waals surface area contributed by atoms with Gasteiger partial charge in [0.25, 0.3) is 0 Å². The highest BCUT2D eigenvalue weighted by molar-refractivity contribution is 6.32. The molecule has 1 aliphatic carbocycles. The molecule has 0 aliphatic heterocycles. The average Bonchev–Trinajstić information content (AvgIpc) is 3.14. The van der Waals surface area contributed by atoms with Gasteiger partial charge in [0.15, 0.2) is 5.78 Å². The van der Waals surface area contributed by atoms with Gasteiger partial charge in [-0.3, -0.25) is 4.79 Å². The number of hydrogen-bond donors (Lipinski definition) is 0. The first-order valence-corrected chi connectivity index (χ1v) is 7.47. The fourth-order valence-corrected chi connectivity index (χ4v) is 2.19. The number of ketones is 1. The van der Waals surface area contributed by atoms with Crippen LogP contribution in [0.15, 0.2) is 12.1 Å². The second-order valence-corrected chi connectivity index (χ2v) is 6.16. The van der Waals surface area contributed by atoms with E-state index in [2.05, 4.69) is 0 Å². The zero-order chi connectivity index (χ0) is 14.9. The topological polar surface area (TPSA) is 35.5 Å². The molecule has 1 aliphatic rings. The SMILES string of the molecule is CC(C)Oc1cc(C(=O)C2CC2)c(OC(C)C)cc1Cl. The smallest absolute Gasteiger partial charge is 0.169 e. The summed E-state index contributed by atoms with van der Waals surface area (Å²) in [6.45, 7) is 7.71. The number of rotatable bonds is 6. The van der Waals surface area contributed by atoms with Crippen molar-refractivity contribution in [3.8, 4) is 11.5 Å².